The van der Waals surface area contributed by atoms with E-state index in [1.807, 2.05) is 0 Å². The maximum atomic E-state index is 14.4. The molecule has 4 nitrogen and oxygen atoms in total. The van der Waals surface area contributed by atoms with Crippen LogP contribution in [-0.2, 0) is 16.1 Å². The van der Waals surface area contributed by atoms with Gasteiger partial charge in [-0.2, -0.15) is 4.57 Å². The third kappa shape index (κ3) is 5.01. The van der Waals surface area contributed by atoms with E-state index in [9.17, 15) is 18.4 Å². The van der Waals surface area contributed by atoms with Crippen LogP contribution in [0.1, 0.15) is 31.9 Å². The summed E-state index contributed by atoms with van der Waals surface area (Å²) in [5.74, 6) is -2.62. The van der Waals surface area contributed by atoms with E-state index in [1.54, 1.807) is 39.1 Å². The number of Topliss-reactive ketones (excluding diaryl/α,β-unsaturated/α-hetero) is 1. The highest BCUT2D eigenvalue weighted by Gasteiger charge is 2.27. The van der Waals surface area contributed by atoms with Crippen LogP contribution in [0.4, 0.5) is 8.78 Å². The first-order chi connectivity index (χ1) is 13.0. The molecule has 0 saturated heterocycles. The molecule has 0 saturated carbocycles. The predicted octanol–water partition coefficient (Wildman–Crippen LogP) is 3.70. The Kier molecular flexibility index (Phi) is 6.67. The minimum atomic E-state index is -1.06. The monoisotopic (exact) mass is 407 g/mol. The average Bonchev–Trinajstić information content (AvgIpc) is 2.63. The maximum absolute atomic E-state index is 14.4. The zero-order valence-corrected chi connectivity index (χ0v) is 16.9. The molecule has 2 rings (SSSR count). The van der Waals surface area contributed by atoms with Crippen molar-refractivity contribution in [1.29, 1.82) is 0 Å². The molecule has 0 unspecified atom stereocenters. The number of carbonyl (C=O) groups excluding carboxylic acids is 2. The Morgan fingerprint density at radius 3 is 2.46 bits per heavy atom. The summed E-state index contributed by atoms with van der Waals surface area (Å²) in [6.07, 6.45) is 2.72. The molecule has 0 aliphatic carbocycles. The van der Waals surface area contributed by atoms with Gasteiger partial charge in [-0.1, -0.05) is 32.9 Å². The smallest absolute Gasteiger partial charge is 0.275 e. The van der Waals surface area contributed by atoms with Gasteiger partial charge in [-0.3, -0.25) is 9.59 Å². The number of amides is 1. The molecule has 148 valence electrons. The van der Waals surface area contributed by atoms with Gasteiger partial charge in [0.25, 0.3) is 5.15 Å². The number of ketones is 1. The van der Waals surface area contributed by atoms with E-state index in [-0.39, 0.29) is 23.5 Å². The molecule has 0 aliphatic heterocycles. The van der Waals surface area contributed by atoms with Crippen LogP contribution in [0.3, 0.4) is 0 Å². The Morgan fingerprint density at radius 2 is 1.86 bits per heavy atom. The zero-order valence-electron chi connectivity index (χ0n) is 16.1. The topological polar surface area (TPSA) is 50.1 Å². The molecule has 0 atom stereocenters. The van der Waals surface area contributed by atoms with Crippen molar-refractivity contribution in [3.05, 3.63) is 70.5 Å². The second-order valence-corrected chi connectivity index (χ2v) is 7.70. The molecule has 1 heterocycles. The molecule has 1 aromatic carbocycles. The van der Waals surface area contributed by atoms with E-state index in [2.05, 4.69) is 5.32 Å². The van der Waals surface area contributed by atoms with Crippen molar-refractivity contribution in [2.45, 2.75) is 27.3 Å². The standard InChI is InChI=1S/C21H21ClF2N2O2/c1-21(2,3)17(27)12-26-11-13(8-9-18(26)22)15(10-19(28)25-4)14-6-5-7-16(23)20(14)24/h5-11H,12H2,1-4H3/p+1. The quantitative estimate of drug-likeness (QED) is 0.467. The largest absolute Gasteiger partial charge is 0.356 e. The Hall–Kier alpha value is -2.60. The van der Waals surface area contributed by atoms with Gasteiger partial charge < -0.3 is 5.32 Å². The molecule has 1 N–H and O–H groups in total. The summed E-state index contributed by atoms with van der Waals surface area (Å²) in [6, 6.07) is 6.87. The van der Waals surface area contributed by atoms with Gasteiger partial charge in [-0.15, -0.1) is 0 Å². The van der Waals surface area contributed by atoms with Crippen LogP contribution in [-0.4, -0.2) is 18.7 Å². The molecular formula is C21H22ClF2N2O2+. The van der Waals surface area contributed by atoms with Crippen LogP contribution < -0.4 is 9.88 Å². The Balaban J connectivity index is 2.60. The average molecular weight is 408 g/mol. The summed E-state index contributed by atoms with van der Waals surface area (Å²) in [6.45, 7) is 5.40. The first-order valence-electron chi connectivity index (χ1n) is 8.65. The number of hydrogen-bond acceptors (Lipinski definition) is 2. The number of halogens is 3. The highest BCUT2D eigenvalue weighted by atomic mass is 35.5. The number of nitrogens with one attached hydrogen (secondary N) is 1. The molecule has 28 heavy (non-hydrogen) atoms. The summed E-state index contributed by atoms with van der Waals surface area (Å²) in [5, 5.41) is 2.73. The first kappa shape index (κ1) is 21.7. The van der Waals surface area contributed by atoms with Gasteiger partial charge in [0.1, 0.15) is 0 Å². The Bertz CT molecular complexity index is 950. The first-order valence-corrected chi connectivity index (χ1v) is 9.03. The maximum Gasteiger partial charge on any atom is 0.275 e. The molecule has 0 radical (unpaired) electrons. The fourth-order valence-corrected chi connectivity index (χ4v) is 2.60. The van der Waals surface area contributed by atoms with E-state index in [4.69, 9.17) is 11.6 Å². The van der Waals surface area contributed by atoms with Gasteiger partial charge in [0.05, 0.1) is 0 Å². The van der Waals surface area contributed by atoms with Crippen LogP contribution >= 0.6 is 11.6 Å². The highest BCUT2D eigenvalue weighted by Crippen LogP contribution is 2.27. The van der Waals surface area contributed by atoms with E-state index < -0.39 is 23.0 Å². The third-order valence-corrected chi connectivity index (χ3v) is 4.54. The van der Waals surface area contributed by atoms with Gasteiger partial charge >= 0.3 is 0 Å². The van der Waals surface area contributed by atoms with Crippen molar-refractivity contribution >= 4 is 28.9 Å². The SMILES string of the molecule is CNC(=O)C=C(c1ccc(Cl)[n+](CC(=O)C(C)(C)C)c1)c1cccc(F)c1F. The molecule has 1 amide bonds. The van der Waals surface area contributed by atoms with Crippen LogP contribution in [0, 0.1) is 17.0 Å². The molecule has 0 bridgehead atoms. The van der Waals surface area contributed by atoms with E-state index in [1.165, 1.54) is 29.8 Å². The number of benzene rings is 1. The number of likely N-dealkylation sites (N-methyl/N-ethyl adjacent to an activating group) is 1. The summed E-state index contributed by atoms with van der Waals surface area (Å²) in [5.41, 5.74) is -0.0503. The van der Waals surface area contributed by atoms with Crippen LogP contribution in [0.5, 0.6) is 0 Å². The van der Waals surface area contributed by atoms with E-state index in [0.29, 0.717) is 10.7 Å². The lowest BCUT2D eigenvalue weighted by Gasteiger charge is -2.15. The molecule has 7 heteroatoms. The number of carbonyl (C=O) groups is 2. The zero-order chi connectivity index (χ0) is 21.1. The lowest BCUT2D eigenvalue weighted by atomic mass is 9.90. The minimum Gasteiger partial charge on any atom is -0.356 e. The van der Waals surface area contributed by atoms with Crippen molar-refractivity contribution in [3.8, 4) is 0 Å². The van der Waals surface area contributed by atoms with E-state index in [0.717, 1.165) is 6.07 Å². The third-order valence-electron chi connectivity index (χ3n) is 4.19. The number of aromatic nitrogens is 1. The summed E-state index contributed by atoms with van der Waals surface area (Å²) >= 11 is 6.21. The van der Waals surface area contributed by atoms with Crippen LogP contribution in [0.25, 0.3) is 5.57 Å². The van der Waals surface area contributed by atoms with Gasteiger partial charge in [0.2, 0.25) is 18.2 Å². The predicted molar refractivity (Wildman–Crippen MR) is 104 cm³/mol. The van der Waals surface area contributed by atoms with E-state index >= 15 is 0 Å². The molecule has 2 aromatic rings. The second kappa shape index (κ2) is 8.61. The molecule has 0 spiro atoms. The lowest BCUT2D eigenvalue weighted by molar-refractivity contribution is -0.682. The molecule has 1 aromatic heterocycles. The number of pyridine rings is 1. The van der Waals surface area contributed by atoms with Gasteiger partial charge in [-0.05, 0) is 23.7 Å². The fraction of sp³-hybridized carbons (Fsp3) is 0.286. The van der Waals surface area contributed by atoms with Crippen LogP contribution in [0.2, 0.25) is 5.15 Å². The number of hydrogen-bond donors (Lipinski definition) is 1. The normalized spacial score (nSPS) is 12.0. The Morgan fingerprint density at radius 1 is 1.18 bits per heavy atom. The van der Waals surface area contributed by atoms with Crippen molar-refractivity contribution in [3.63, 3.8) is 0 Å². The van der Waals surface area contributed by atoms with Gasteiger partial charge in [0.15, 0.2) is 17.8 Å². The minimum absolute atomic E-state index is 0.00899. The van der Waals surface area contributed by atoms with Crippen molar-refractivity contribution in [2.24, 2.45) is 5.41 Å². The summed E-state index contributed by atoms with van der Waals surface area (Å²) in [4.78, 5) is 24.3. The summed E-state index contributed by atoms with van der Waals surface area (Å²) < 4.78 is 29.7. The van der Waals surface area contributed by atoms with Crippen molar-refractivity contribution < 1.29 is 22.9 Å². The molecule has 0 fully saturated rings. The highest BCUT2D eigenvalue weighted by molar-refractivity contribution is 6.28. The molecule has 0 aliphatic rings. The van der Waals surface area contributed by atoms with Crippen molar-refractivity contribution in [2.75, 3.05) is 7.05 Å². The van der Waals surface area contributed by atoms with Crippen molar-refractivity contribution in [1.82, 2.24) is 5.32 Å². The summed E-state index contributed by atoms with van der Waals surface area (Å²) in [7, 11) is 1.43. The van der Waals surface area contributed by atoms with Gasteiger partial charge in [-0.25, -0.2) is 8.78 Å². The molecular weight excluding hydrogens is 386 g/mol. The lowest BCUT2D eigenvalue weighted by Crippen LogP contribution is -2.43. The fourth-order valence-electron chi connectivity index (χ4n) is 2.43. The number of nitrogens with zero attached hydrogens (tertiary/aromatic N) is 1. The van der Waals surface area contributed by atoms with Gasteiger partial charge in [0, 0.05) is 41.3 Å². The Labute approximate surface area is 167 Å². The number of rotatable bonds is 5. The van der Waals surface area contributed by atoms with Crippen LogP contribution in [0.15, 0.2) is 42.6 Å². The second-order valence-electron chi connectivity index (χ2n) is 7.32.